The van der Waals surface area contributed by atoms with Gasteiger partial charge in [0.2, 0.25) is 0 Å². The zero-order chi connectivity index (χ0) is 15.7. The van der Waals surface area contributed by atoms with E-state index >= 15 is 0 Å². The monoisotopic (exact) mass is 332 g/mol. The molecule has 110 valence electrons. The predicted molar refractivity (Wildman–Crippen MR) is 85.8 cm³/mol. The summed E-state index contributed by atoms with van der Waals surface area (Å²) in [5.74, 6) is -0.630. The van der Waals surface area contributed by atoms with E-state index in [2.05, 4.69) is 15.4 Å². The summed E-state index contributed by atoms with van der Waals surface area (Å²) in [6.45, 7) is 0. The quantitative estimate of drug-likeness (QED) is 0.769. The Hall–Kier alpha value is -2.37. The summed E-state index contributed by atoms with van der Waals surface area (Å²) >= 11 is 12.0. The van der Waals surface area contributed by atoms with Gasteiger partial charge in [-0.05, 0) is 29.3 Å². The van der Waals surface area contributed by atoms with Gasteiger partial charge in [-0.2, -0.15) is 15.4 Å². The summed E-state index contributed by atoms with van der Waals surface area (Å²) in [5.41, 5.74) is 8.37. The molecule has 0 saturated carbocycles. The van der Waals surface area contributed by atoms with Crippen molar-refractivity contribution in [2.75, 3.05) is 0 Å². The first kappa shape index (κ1) is 14.6. The van der Waals surface area contributed by atoms with Gasteiger partial charge in [-0.3, -0.25) is 4.79 Å². The Bertz CT molecular complexity index is 823. The minimum absolute atomic E-state index is 0.110. The molecular weight excluding hydrogens is 323 g/mol. The molecule has 0 atom stereocenters. The highest BCUT2D eigenvalue weighted by atomic mass is 35.5. The minimum Gasteiger partial charge on any atom is -0.364 e. The van der Waals surface area contributed by atoms with Crippen molar-refractivity contribution >= 4 is 29.1 Å². The number of amides is 1. The number of halogens is 2. The van der Waals surface area contributed by atoms with E-state index in [0.29, 0.717) is 15.7 Å². The number of H-pyrrole nitrogens is 1. The lowest BCUT2D eigenvalue weighted by Gasteiger charge is -2.05. The van der Waals surface area contributed by atoms with Gasteiger partial charge in [0.25, 0.3) is 5.91 Å². The van der Waals surface area contributed by atoms with E-state index in [9.17, 15) is 4.79 Å². The summed E-state index contributed by atoms with van der Waals surface area (Å²) < 4.78 is 0. The van der Waals surface area contributed by atoms with Crippen LogP contribution in [0, 0.1) is 0 Å². The molecule has 0 unspecified atom stereocenters. The Morgan fingerprint density at radius 2 is 1.50 bits per heavy atom. The van der Waals surface area contributed by atoms with Gasteiger partial charge in [0.05, 0.1) is 0 Å². The Morgan fingerprint density at radius 3 is 2.09 bits per heavy atom. The number of rotatable bonds is 3. The lowest BCUT2D eigenvalue weighted by Crippen LogP contribution is -2.12. The number of aromatic nitrogens is 3. The maximum Gasteiger partial charge on any atom is 0.271 e. The summed E-state index contributed by atoms with van der Waals surface area (Å²) in [5, 5.41) is 11.3. The molecule has 3 aromatic rings. The predicted octanol–water partition coefficient (Wildman–Crippen LogP) is 3.54. The van der Waals surface area contributed by atoms with Gasteiger partial charge >= 0.3 is 0 Å². The van der Waals surface area contributed by atoms with Gasteiger partial charge in [0.1, 0.15) is 5.69 Å². The third-order valence-electron chi connectivity index (χ3n) is 3.14. The van der Waals surface area contributed by atoms with Crippen molar-refractivity contribution < 1.29 is 4.79 Å². The fourth-order valence-corrected chi connectivity index (χ4v) is 2.67. The van der Waals surface area contributed by atoms with Gasteiger partial charge in [-0.15, -0.1) is 0 Å². The molecule has 0 radical (unpaired) electrons. The topological polar surface area (TPSA) is 84.7 Å². The summed E-state index contributed by atoms with van der Waals surface area (Å²) in [4.78, 5) is 11.3. The van der Waals surface area contributed by atoms with Crippen LogP contribution in [0.15, 0.2) is 42.5 Å². The van der Waals surface area contributed by atoms with Crippen LogP contribution in [-0.4, -0.2) is 21.3 Å². The van der Waals surface area contributed by atoms with Crippen LogP contribution < -0.4 is 5.73 Å². The van der Waals surface area contributed by atoms with Crippen molar-refractivity contribution in [2.45, 2.75) is 0 Å². The average Bonchev–Trinajstić information content (AvgIpc) is 2.96. The van der Waals surface area contributed by atoms with Crippen LogP contribution in [-0.2, 0) is 0 Å². The molecule has 1 heterocycles. The molecule has 0 saturated heterocycles. The molecule has 0 aliphatic rings. The van der Waals surface area contributed by atoms with E-state index in [1.54, 1.807) is 6.07 Å². The van der Waals surface area contributed by atoms with Gasteiger partial charge in [0.15, 0.2) is 5.69 Å². The van der Waals surface area contributed by atoms with Crippen LogP contribution >= 0.6 is 23.2 Å². The molecule has 0 spiro atoms. The first-order chi connectivity index (χ1) is 10.5. The number of nitrogens with two attached hydrogens (primary N) is 1. The summed E-state index contributed by atoms with van der Waals surface area (Å²) in [6, 6.07) is 12.8. The summed E-state index contributed by atoms with van der Waals surface area (Å²) in [7, 11) is 0. The molecule has 7 heteroatoms. The van der Waals surface area contributed by atoms with E-state index in [1.807, 2.05) is 36.4 Å². The molecule has 2 aromatic carbocycles. The first-order valence-corrected chi connectivity index (χ1v) is 7.07. The Labute approximate surface area is 136 Å². The molecule has 22 heavy (non-hydrogen) atoms. The van der Waals surface area contributed by atoms with Crippen molar-refractivity contribution in [1.29, 1.82) is 0 Å². The highest BCUT2D eigenvalue weighted by Gasteiger charge is 2.15. The first-order valence-electron chi connectivity index (χ1n) is 6.32. The van der Waals surface area contributed by atoms with Crippen LogP contribution in [0.25, 0.3) is 22.4 Å². The largest absolute Gasteiger partial charge is 0.364 e. The second-order valence-electron chi connectivity index (χ2n) is 4.62. The van der Waals surface area contributed by atoms with Crippen LogP contribution in [0.1, 0.15) is 10.5 Å². The molecule has 1 amide bonds. The SMILES string of the molecule is NC(=O)c1n[nH]nc1-c1ccc(-c2cc(Cl)cc(Cl)c2)cc1. The Balaban J connectivity index is 1.99. The van der Waals surface area contributed by atoms with Crippen LogP contribution in [0.3, 0.4) is 0 Å². The van der Waals surface area contributed by atoms with Crippen molar-refractivity contribution in [3.63, 3.8) is 0 Å². The van der Waals surface area contributed by atoms with E-state index in [0.717, 1.165) is 16.7 Å². The van der Waals surface area contributed by atoms with Gasteiger partial charge in [-0.1, -0.05) is 47.5 Å². The van der Waals surface area contributed by atoms with E-state index < -0.39 is 5.91 Å². The second-order valence-corrected chi connectivity index (χ2v) is 5.49. The van der Waals surface area contributed by atoms with Crippen molar-refractivity contribution in [1.82, 2.24) is 15.4 Å². The average molecular weight is 333 g/mol. The number of primary amides is 1. The number of nitrogens with one attached hydrogen (secondary N) is 1. The molecule has 0 aliphatic carbocycles. The second kappa shape index (κ2) is 5.79. The van der Waals surface area contributed by atoms with Gasteiger partial charge in [-0.25, -0.2) is 0 Å². The number of benzene rings is 2. The lowest BCUT2D eigenvalue weighted by molar-refractivity contribution is 0.0996. The standard InChI is InChI=1S/C15H10Cl2N4O/c16-11-5-10(6-12(17)7-11)8-1-3-9(4-2-8)13-14(15(18)22)20-21-19-13/h1-7H,(H2,18,22)(H,19,20,21). The fourth-order valence-electron chi connectivity index (χ4n) is 2.15. The zero-order valence-electron chi connectivity index (χ0n) is 11.2. The van der Waals surface area contributed by atoms with E-state index in [-0.39, 0.29) is 5.69 Å². The van der Waals surface area contributed by atoms with E-state index in [4.69, 9.17) is 28.9 Å². The summed E-state index contributed by atoms with van der Waals surface area (Å²) in [6.07, 6.45) is 0. The molecule has 0 bridgehead atoms. The molecule has 0 aliphatic heterocycles. The molecular formula is C15H10Cl2N4O. The number of carbonyl (C=O) groups is 1. The fraction of sp³-hybridized carbons (Fsp3) is 0. The number of hydrogen-bond donors (Lipinski definition) is 2. The number of carbonyl (C=O) groups excluding carboxylic acids is 1. The minimum atomic E-state index is -0.630. The van der Waals surface area contributed by atoms with Crippen LogP contribution in [0.4, 0.5) is 0 Å². The number of hydrogen-bond acceptors (Lipinski definition) is 3. The Kier molecular flexibility index (Phi) is 3.83. The van der Waals surface area contributed by atoms with Crippen molar-refractivity contribution in [3.8, 4) is 22.4 Å². The molecule has 3 rings (SSSR count). The van der Waals surface area contributed by atoms with Crippen LogP contribution in [0.2, 0.25) is 10.0 Å². The maximum absolute atomic E-state index is 11.3. The van der Waals surface area contributed by atoms with Crippen LogP contribution in [0.5, 0.6) is 0 Å². The number of aromatic amines is 1. The molecule has 0 fully saturated rings. The normalized spacial score (nSPS) is 10.6. The highest BCUT2D eigenvalue weighted by Crippen LogP contribution is 2.29. The lowest BCUT2D eigenvalue weighted by atomic mass is 10.0. The van der Waals surface area contributed by atoms with E-state index in [1.165, 1.54) is 0 Å². The van der Waals surface area contributed by atoms with Gasteiger partial charge in [0, 0.05) is 15.6 Å². The molecule has 5 nitrogen and oxygen atoms in total. The maximum atomic E-state index is 11.3. The molecule has 3 N–H and O–H groups in total. The Morgan fingerprint density at radius 1 is 0.909 bits per heavy atom. The smallest absolute Gasteiger partial charge is 0.271 e. The third-order valence-corrected chi connectivity index (χ3v) is 3.57. The molecule has 1 aromatic heterocycles. The zero-order valence-corrected chi connectivity index (χ0v) is 12.7. The van der Waals surface area contributed by atoms with Crippen molar-refractivity contribution in [3.05, 3.63) is 58.2 Å². The highest BCUT2D eigenvalue weighted by molar-refractivity contribution is 6.35. The van der Waals surface area contributed by atoms with Gasteiger partial charge < -0.3 is 5.73 Å². The van der Waals surface area contributed by atoms with Crippen molar-refractivity contribution in [2.24, 2.45) is 5.73 Å². The third kappa shape index (κ3) is 2.81. The number of nitrogens with zero attached hydrogens (tertiary/aromatic N) is 2.